The van der Waals surface area contributed by atoms with Gasteiger partial charge in [0.15, 0.2) is 0 Å². The molecule has 0 spiro atoms. The Bertz CT molecular complexity index is 1050. The second kappa shape index (κ2) is 9.40. The molecule has 1 aliphatic heterocycles. The highest BCUT2D eigenvalue weighted by Crippen LogP contribution is 2.32. The zero-order chi connectivity index (χ0) is 21.8. The highest BCUT2D eigenvalue weighted by atomic mass is 32.2. The number of aromatic nitrogens is 3. The summed E-state index contributed by atoms with van der Waals surface area (Å²) < 4.78 is 6.84. The summed E-state index contributed by atoms with van der Waals surface area (Å²) >= 11 is 1.38. The minimum atomic E-state index is -1.08. The Balaban J connectivity index is 1.58. The second-order valence-corrected chi connectivity index (χ2v) is 8.51. The summed E-state index contributed by atoms with van der Waals surface area (Å²) in [5.41, 5.74) is 2.09. The smallest absolute Gasteiger partial charge is 0.359 e. The lowest BCUT2D eigenvalue weighted by Crippen LogP contribution is -2.44. The number of carboxylic acid groups (broad SMARTS) is 1. The Morgan fingerprint density at radius 1 is 1.13 bits per heavy atom. The molecule has 0 amide bonds. The Kier molecular flexibility index (Phi) is 6.43. The number of hydrogen-bond acceptors (Lipinski definition) is 7. The number of benzene rings is 2. The molecule has 0 bridgehead atoms. The maximum atomic E-state index is 11.7. The van der Waals surface area contributed by atoms with Gasteiger partial charge in [-0.05, 0) is 42.9 Å². The zero-order valence-electron chi connectivity index (χ0n) is 17.6. The van der Waals surface area contributed by atoms with E-state index in [1.54, 1.807) is 11.8 Å². The largest absolute Gasteiger partial charge is 0.497 e. The molecule has 1 fully saturated rings. The summed E-state index contributed by atoms with van der Waals surface area (Å²) in [6, 6.07) is 15.8. The summed E-state index contributed by atoms with van der Waals surface area (Å²) in [7, 11) is 3.75. The van der Waals surface area contributed by atoms with Gasteiger partial charge in [-0.25, -0.2) is 9.48 Å². The predicted molar refractivity (Wildman–Crippen MR) is 119 cm³/mol. The normalized spacial score (nSPS) is 14.6. The van der Waals surface area contributed by atoms with Gasteiger partial charge in [-0.15, -0.1) is 5.10 Å². The van der Waals surface area contributed by atoms with Crippen LogP contribution in [-0.2, 0) is 6.54 Å². The molecule has 4 rings (SSSR count). The maximum Gasteiger partial charge on any atom is 0.359 e. The van der Waals surface area contributed by atoms with Crippen LogP contribution in [0.25, 0.3) is 0 Å². The van der Waals surface area contributed by atoms with Crippen molar-refractivity contribution in [3.05, 3.63) is 59.8 Å². The first-order valence-corrected chi connectivity index (χ1v) is 10.9. The van der Waals surface area contributed by atoms with Crippen LogP contribution >= 0.6 is 11.8 Å². The number of piperazine rings is 1. The molecule has 1 aromatic heterocycles. The molecule has 8 nitrogen and oxygen atoms in total. The van der Waals surface area contributed by atoms with Crippen molar-refractivity contribution in [2.24, 2.45) is 0 Å². The number of nitrogens with zero attached hydrogens (tertiary/aromatic N) is 5. The van der Waals surface area contributed by atoms with Crippen LogP contribution < -0.4 is 9.64 Å². The topological polar surface area (TPSA) is 83.7 Å². The van der Waals surface area contributed by atoms with Crippen molar-refractivity contribution in [3.63, 3.8) is 0 Å². The number of carbonyl (C=O) groups is 1. The number of anilines is 1. The first kappa shape index (κ1) is 21.2. The van der Waals surface area contributed by atoms with Gasteiger partial charge in [-0.1, -0.05) is 35.2 Å². The van der Waals surface area contributed by atoms with Gasteiger partial charge >= 0.3 is 5.97 Å². The van der Waals surface area contributed by atoms with E-state index < -0.39 is 5.97 Å². The lowest BCUT2D eigenvalue weighted by Gasteiger charge is -2.34. The van der Waals surface area contributed by atoms with Gasteiger partial charge in [0, 0.05) is 36.8 Å². The van der Waals surface area contributed by atoms with E-state index in [2.05, 4.69) is 39.3 Å². The SMILES string of the molecule is COc1ccc(Cn2nnc(C(=O)O)c2Sc2cccc(N3CCN(C)CC3)c2)cc1. The van der Waals surface area contributed by atoms with Crippen molar-refractivity contribution in [2.45, 2.75) is 16.5 Å². The van der Waals surface area contributed by atoms with Crippen molar-refractivity contribution in [3.8, 4) is 5.75 Å². The molecule has 0 aliphatic carbocycles. The number of carboxylic acids is 1. The van der Waals surface area contributed by atoms with Gasteiger partial charge in [0.05, 0.1) is 13.7 Å². The number of rotatable bonds is 7. The number of methoxy groups -OCH3 is 1. The molecular weight excluding hydrogens is 414 g/mol. The van der Waals surface area contributed by atoms with Gasteiger partial charge in [0.1, 0.15) is 10.8 Å². The van der Waals surface area contributed by atoms with Gasteiger partial charge < -0.3 is 19.6 Å². The average Bonchev–Trinajstić information content (AvgIpc) is 3.17. The van der Waals surface area contributed by atoms with Gasteiger partial charge in [0.25, 0.3) is 0 Å². The van der Waals surface area contributed by atoms with E-state index in [1.807, 2.05) is 36.4 Å². The molecule has 1 saturated heterocycles. The molecule has 1 aliphatic rings. The van der Waals surface area contributed by atoms with Crippen molar-refractivity contribution in [1.82, 2.24) is 19.9 Å². The quantitative estimate of drug-likeness (QED) is 0.602. The second-order valence-electron chi connectivity index (χ2n) is 7.44. The average molecular weight is 440 g/mol. The molecule has 0 radical (unpaired) electrons. The summed E-state index contributed by atoms with van der Waals surface area (Å²) in [5, 5.41) is 18.2. The molecule has 9 heteroatoms. The van der Waals surface area contributed by atoms with E-state index in [-0.39, 0.29) is 5.69 Å². The number of ether oxygens (including phenoxy) is 1. The molecule has 2 aromatic carbocycles. The summed E-state index contributed by atoms with van der Waals surface area (Å²) in [5.74, 6) is -0.317. The van der Waals surface area contributed by atoms with Crippen LogP contribution in [0.1, 0.15) is 16.1 Å². The molecular formula is C22H25N5O3S. The third kappa shape index (κ3) is 5.00. The Morgan fingerprint density at radius 2 is 1.87 bits per heavy atom. The van der Waals surface area contributed by atoms with Crippen molar-refractivity contribution in [2.75, 3.05) is 45.2 Å². The maximum absolute atomic E-state index is 11.7. The third-order valence-corrected chi connectivity index (χ3v) is 6.37. The Morgan fingerprint density at radius 3 is 2.55 bits per heavy atom. The lowest BCUT2D eigenvalue weighted by atomic mass is 10.2. The molecule has 0 atom stereocenters. The van der Waals surface area contributed by atoms with E-state index in [9.17, 15) is 9.90 Å². The number of likely N-dealkylation sites (N-methyl/N-ethyl adjacent to an activating group) is 1. The predicted octanol–water partition coefficient (Wildman–Crippen LogP) is 2.94. The fourth-order valence-electron chi connectivity index (χ4n) is 3.47. The van der Waals surface area contributed by atoms with Crippen molar-refractivity contribution >= 4 is 23.4 Å². The standard InChI is InChI=1S/C22H25N5O3S/c1-25-10-12-26(13-11-25)17-4-3-5-19(14-17)31-21-20(22(28)29)23-24-27(21)15-16-6-8-18(30-2)9-7-16/h3-9,14H,10-13,15H2,1-2H3,(H,28,29). The van der Waals surface area contributed by atoms with Crippen molar-refractivity contribution in [1.29, 1.82) is 0 Å². The summed E-state index contributed by atoms with van der Waals surface area (Å²) in [4.78, 5) is 17.4. The molecule has 31 heavy (non-hydrogen) atoms. The molecule has 1 N–H and O–H groups in total. The van der Waals surface area contributed by atoms with E-state index >= 15 is 0 Å². The van der Waals surface area contributed by atoms with Crippen LogP contribution in [0.2, 0.25) is 0 Å². The van der Waals surface area contributed by atoms with E-state index in [1.165, 1.54) is 11.8 Å². The molecule has 3 aromatic rings. The van der Waals surface area contributed by atoms with E-state index in [4.69, 9.17) is 4.74 Å². The molecule has 0 saturated carbocycles. The summed E-state index contributed by atoms with van der Waals surface area (Å²) in [6.07, 6.45) is 0. The van der Waals surface area contributed by atoms with Gasteiger partial charge in [-0.3, -0.25) is 0 Å². The molecule has 2 heterocycles. The third-order valence-electron chi connectivity index (χ3n) is 5.28. The first-order chi connectivity index (χ1) is 15.0. The highest BCUT2D eigenvalue weighted by Gasteiger charge is 2.21. The fraction of sp³-hybridized carbons (Fsp3) is 0.318. The van der Waals surface area contributed by atoms with E-state index in [0.29, 0.717) is 11.6 Å². The van der Waals surface area contributed by atoms with Gasteiger partial charge in [-0.2, -0.15) is 0 Å². The fourth-order valence-corrected chi connectivity index (χ4v) is 4.45. The number of hydrogen-bond donors (Lipinski definition) is 1. The van der Waals surface area contributed by atoms with Crippen LogP contribution in [0.4, 0.5) is 5.69 Å². The van der Waals surface area contributed by atoms with Crippen LogP contribution in [0.3, 0.4) is 0 Å². The minimum absolute atomic E-state index is 0.0384. The van der Waals surface area contributed by atoms with Gasteiger partial charge in [0.2, 0.25) is 5.69 Å². The van der Waals surface area contributed by atoms with Crippen LogP contribution in [0.15, 0.2) is 58.5 Å². The van der Waals surface area contributed by atoms with E-state index in [0.717, 1.165) is 48.1 Å². The zero-order valence-corrected chi connectivity index (χ0v) is 18.4. The molecule has 162 valence electrons. The van der Waals surface area contributed by atoms with Crippen LogP contribution in [0, 0.1) is 0 Å². The lowest BCUT2D eigenvalue weighted by molar-refractivity contribution is 0.0686. The highest BCUT2D eigenvalue weighted by molar-refractivity contribution is 7.99. The molecule has 0 unspecified atom stereocenters. The van der Waals surface area contributed by atoms with Crippen LogP contribution in [0.5, 0.6) is 5.75 Å². The van der Waals surface area contributed by atoms with Crippen molar-refractivity contribution < 1.29 is 14.6 Å². The number of aromatic carboxylic acids is 1. The minimum Gasteiger partial charge on any atom is -0.497 e. The Hall–Kier alpha value is -3.04. The Labute approximate surface area is 185 Å². The summed E-state index contributed by atoms with van der Waals surface area (Å²) in [6.45, 7) is 4.42. The monoisotopic (exact) mass is 439 g/mol. The van der Waals surface area contributed by atoms with Crippen LogP contribution in [-0.4, -0.2) is 71.3 Å². The first-order valence-electron chi connectivity index (χ1n) is 10.0.